The first kappa shape index (κ1) is 19.3. The maximum atomic E-state index is 12.9. The number of benzene rings is 2. The standard InChI is InChI=1S/C23H23N3O2/c1-2-26(21-9-4-3-5-10-21)23(28)19-7-6-8-20(17-19)25-22(27)12-11-18-13-15-24-16-14-18/h3-10,13-17H,2,11-12H2,1H3,(H,25,27). The molecule has 0 aliphatic carbocycles. The predicted molar refractivity (Wildman–Crippen MR) is 111 cm³/mol. The van der Waals surface area contributed by atoms with Crippen molar-refractivity contribution in [3.63, 3.8) is 0 Å². The first-order valence-electron chi connectivity index (χ1n) is 9.33. The summed E-state index contributed by atoms with van der Waals surface area (Å²) in [6.07, 6.45) is 4.45. The Hall–Kier alpha value is -3.47. The third kappa shape index (κ3) is 5.04. The molecule has 1 N–H and O–H groups in total. The third-order valence-corrected chi connectivity index (χ3v) is 4.41. The molecule has 5 heteroatoms. The quantitative estimate of drug-likeness (QED) is 0.671. The van der Waals surface area contributed by atoms with E-state index in [1.165, 1.54) is 0 Å². The Morgan fingerprint density at radius 1 is 0.964 bits per heavy atom. The fraction of sp³-hybridized carbons (Fsp3) is 0.174. The first-order valence-corrected chi connectivity index (χ1v) is 9.33. The first-order chi connectivity index (χ1) is 13.7. The lowest BCUT2D eigenvalue weighted by Crippen LogP contribution is -2.30. The fourth-order valence-corrected chi connectivity index (χ4v) is 2.97. The Morgan fingerprint density at radius 2 is 1.71 bits per heavy atom. The lowest BCUT2D eigenvalue weighted by Gasteiger charge is -2.21. The summed E-state index contributed by atoms with van der Waals surface area (Å²) >= 11 is 0. The zero-order valence-electron chi connectivity index (χ0n) is 15.8. The van der Waals surface area contributed by atoms with E-state index in [0.29, 0.717) is 30.6 Å². The summed E-state index contributed by atoms with van der Waals surface area (Å²) in [6.45, 7) is 2.50. The van der Waals surface area contributed by atoms with Crippen molar-refractivity contribution in [2.24, 2.45) is 0 Å². The van der Waals surface area contributed by atoms with Gasteiger partial charge < -0.3 is 10.2 Å². The Balaban J connectivity index is 1.66. The molecule has 0 atom stereocenters. The van der Waals surface area contributed by atoms with Gasteiger partial charge in [-0.05, 0) is 61.4 Å². The molecule has 0 saturated carbocycles. The van der Waals surface area contributed by atoms with Gasteiger partial charge in [0.25, 0.3) is 5.91 Å². The molecule has 3 aromatic rings. The number of nitrogens with one attached hydrogen (secondary N) is 1. The van der Waals surface area contributed by atoms with Crippen molar-refractivity contribution >= 4 is 23.2 Å². The van der Waals surface area contributed by atoms with Crippen molar-refractivity contribution in [1.29, 1.82) is 0 Å². The van der Waals surface area contributed by atoms with E-state index in [4.69, 9.17) is 0 Å². The number of hydrogen-bond acceptors (Lipinski definition) is 3. The van der Waals surface area contributed by atoms with Crippen LogP contribution in [0.1, 0.15) is 29.3 Å². The highest BCUT2D eigenvalue weighted by Gasteiger charge is 2.16. The average molecular weight is 373 g/mol. The predicted octanol–water partition coefficient (Wildman–Crippen LogP) is 4.32. The molecule has 142 valence electrons. The topological polar surface area (TPSA) is 62.3 Å². The molecule has 2 aromatic carbocycles. The van der Waals surface area contributed by atoms with Gasteiger partial charge in [-0.1, -0.05) is 24.3 Å². The number of amides is 2. The van der Waals surface area contributed by atoms with E-state index < -0.39 is 0 Å². The number of carbonyl (C=O) groups is 2. The van der Waals surface area contributed by atoms with Crippen LogP contribution in [0.3, 0.4) is 0 Å². The molecule has 0 aliphatic heterocycles. The van der Waals surface area contributed by atoms with Gasteiger partial charge in [0, 0.05) is 42.3 Å². The number of hydrogen-bond donors (Lipinski definition) is 1. The smallest absolute Gasteiger partial charge is 0.258 e. The number of anilines is 2. The highest BCUT2D eigenvalue weighted by Crippen LogP contribution is 2.19. The van der Waals surface area contributed by atoms with Crippen LogP contribution >= 0.6 is 0 Å². The van der Waals surface area contributed by atoms with Crippen LogP contribution in [0, 0.1) is 0 Å². The van der Waals surface area contributed by atoms with Crippen molar-refractivity contribution in [2.75, 3.05) is 16.8 Å². The highest BCUT2D eigenvalue weighted by molar-refractivity contribution is 6.07. The molecule has 0 aliphatic rings. The summed E-state index contributed by atoms with van der Waals surface area (Å²) in [6, 6.07) is 20.4. The summed E-state index contributed by atoms with van der Waals surface area (Å²) < 4.78 is 0. The lowest BCUT2D eigenvalue weighted by molar-refractivity contribution is -0.116. The molecule has 0 unspecified atom stereocenters. The van der Waals surface area contributed by atoms with Crippen molar-refractivity contribution < 1.29 is 9.59 Å². The van der Waals surface area contributed by atoms with Crippen molar-refractivity contribution in [1.82, 2.24) is 4.98 Å². The minimum atomic E-state index is -0.0958. The Bertz CT molecular complexity index is 927. The lowest BCUT2D eigenvalue weighted by atomic mass is 10.1. The summed E-state index contributed by atoms with van der Waals surface area (Å²) in [5.41, 5.74) is 3.07. The molecule has 0 saturated heterocycles. The van der Waals surface area contributed by atoms with Gasteiger partial charge in [0.15, 0.2) is 0 Å². The number of para-hydroxylation sites is 1. The number of aryl methyl sites for hydroxylation is 1. The van der Waals surface area contributed by atoms with Crippen LogP contribution in [0.15, 0.2) is 79.1 Å². The minimum Gasteiger partial charge on any atom is -0.326 e. The Morgan fingerprint density at radius 3 is 2.43 bits per heavy atom. The molecule has 2 amide bonds. The number of pyridine rings is 1. The molecule has 5 nitrogen and oxygen atoms in total. The molecule has 0 bridgehead atoms. The van der Waals surface area contributed by atoms with Crippen LogP contribution in [0.5, 0.6) is 0 Å². The van der Waals surface area contributed by atoms with E-state index in [1.54, 1.807) is 41.6 Å². The summed E-state index contributed by atoms with van der Waals surface area (Å²) in [7, 11) is 0. The van der Waals surface area contributed by atoms with Crippen LogP contribution in [-0.4, -0.2) is 23.3 Å². The maximum absolute atomic E-state index is 12.9. The van der Waals surface area contributed by atoms with Gasteiger partial charge in [0.1, 0.15) is 0 Å². The van der Waals surface area contributed by atoms with Crippen molar-refractivity contribution in [2.45, 2.75) is 19.8 Å². The normalized spacial score (nSPS) is 10.3. The Kier molecular flexibility index (Phi) is 6.52. The van der Waals surface area contributed by atoms with E-state index in [0.717, 1.165) is 11.3 Å². The van der Waals surface area contributed by atoms with Crippen LogP contribution in [0.25, 0.3) is 0 Å². The minimum absolute atomic E-state index is 0.0863. The zero-order valence-corrected chi connectivity index (χ0v) is 15.8. The molecule has 0 fully saturated rings. The maximum Gasteiger partial charge on any atom is 0.258 e. The average Bonchev–Trinajstić information content (AvgIpc) is 2.74. The number of rotatable bonds is 7. The monoisotopic (exact) mass is 373 g/mol. The van der Waals surface area contributed by atoms with E-state index in [2.05, 4.69) is 10.3 Å². The van der Waals surface area contributed by atoms with Gasteiger partial charge >= 0.3 is 0 Å². The Labute approximate surface area is 165 Å². The second-order valence-corrected chi connectivity index (χ2v) is 6.37. The van der Waals surface area contributed by atoms with E-state index in [9.17, 15) is 9.59 Å². The zero-order chi connectivity index (χ0) is 19.8. The van der Waals surface area contributed by atoms with Crippen molar-refractivity contribution in [3.8, 4) is 0 Å². The second kappa shape index (κ2) is 9.46. The highest BCUT2D eigenvalue weighted by atomic mass is 16.2. The van der Waals surface area contributed by atoms with Gasteiger partial charge in [0.2, 0.25) is 5.91 Å². The SMILES string of the molecule is CCN(C(=O)c1cccc(NC(=O)CCc2ccncc2)c1)c1ccccc1. The van der Waals surface area contributed by atoms with E-state index >= 15 is 0 Å². The van der Waals surface area contributed by atoms with Crippen LogP contribution in [0.2, 0.25) is 0 Å². The van der Waals surface area contributed by atoms with Gasteiger partial charge in [0.05, 0.1) is 0 Å². The molecular formula is C23H23N3O2. The fourth-order valence-electron chi connectivity index (χ4n) is 2.97. The second-order valence-electron chi connectivity index (χ2n) is 6.37. The summed E-state index contributed by atoms with van der Waals surface area (Å²) in [5, 5.41) is 2.88. The van der Waals surface area contributed by atoms with Gasteiger partial charge in [-0.3, -0.25) is 14.6 Å². The van der Waals surface area contributed by atoms with Crippen LogP contribution in [0.4, 0.5) is 11.4 Å². The van der Waals surface area contributed by atoms with Crippen LogP contribution < -0.4 is 10.2 Å². The molecule has 3 rings (SSSR count). The molecule has 28 heavy (non-hydrogen) atoms. The van der Waals surface area contributed by atoms with Gasteiger partial charge in [-0.25, -0.2) is 0 Å². The molecular weight excluding hydrogens is 350 g/mol. The number of aromatic nitrogens is 1. The van der Waals surface area contributed by atoms with E-state index in [1.807, 2.05) is 49.4 Å². The molecule has 0 radical (unpaired) electrons. The van der Waals surface area contributed by atoms with E-state index in [-0.39, 0.29) is 11.8 Å². The molecule has 1 heterocycles. The molecule has 1 aromatic heterocycles. The van der Waals surface area contributed by atoms with Crippen molar-refractivity contribution in [3.05, 3.63) is 90.3 Å². The number of nitrogens with zero attached hydrogens (tertiary/aromatic N) is 2. The third-order valence-electron chi connectivity index (χ3n) is 4.41. The molecule has 0 spiro atoms. The number of carbonyl (C=O) groups excluding carboxylic acids is 2. The van der Waals surface area contributed by atoms with Crippen LogP contribution in [-0.2, 0) is 11.2 Å². The summed E-state index contributed by atoms with van der Waals surface area (Å²) in [5.74, 6) is -0.182. The van der Waals surface area contributed by atoms with Gasteiger partial charge in [-0.15, -0.1) is 0 Å². The van der Waals surface area contributed by atoms with Gasteiger partial charge in [-0.2, -0.15) is 0 Å². The summed E-state index contributed by atoms with van der Waals surface area (Å²) in [4.78, 5) is 30.9. The largest absolute Gasteiger partial charge is 0.326 e.